The molecule has 0 spiro atoms. The highest BCUT2D eigenvalue weighted by Crippen LogP contribution is 2.44. The normalized spacial score (nSPS) is 22.1. The standard InChI is InChI=1S/C24H30N4O2/c1-15(2)21-20-16(3)25-28(18-11-5-4-6-12-18)22(20)24(30)27(21)19-13-26(14-19)23(29)17-9-7-8-10-17/h4-6,11-12,15,17,19,21H,7-10,13-14H2,1-3H3. The van der Waals surface area contributed by atoms with E-state index < -0.39 is 0 Å². The van der Waals surface area contributed by atoms with Gasteiger partial charge in [0.05, 0.1) is 23.5 Å². The van der Waals surface area contributed by atoms with Gasteiger partial charge in [0.2, 0.25) is 5.91 Å². The number of carbonyl (C=O) groups excluding carboxylic acids is 2. The van der Waals surface area contributed by atoms with E-state index in [9.17, 15) is 9.59 Å². The van der Waals surface area contributed by atoms with Gasteiger partial charge in [-0.2, -0.15) is 5.10 Å². The number of fused-ring (bicyclic) bond motifs is 1. The van der Waals surface area contributed by atoms with Crippen molar-refractivity contribution in [3.63, 3.8) is 0 Å². The number of rotatable bonds is 4. The maximum atomic E-state index is 13.6. The van der Waals surface area contributed by atoms with E-state index in [4.69, 9.17) is 5.10 Å². The molecule has 1 saturated carbocycles. The Kier molecular flexibility index (Phi) is 4.68. The van der Waals surface area contributed by atoms with Crippen molar-refractivity contribution >= 4 is 11.8 Å². The molecule has 6 heteroatoms. The van der Waals surface area contributed by atoms with Crippen LogP contribution in [-0.2, 0) is 4.79 Å². The maximum Gasteiger partial charge on any atom is 0.273 e. The lowest BCUT2D eigenvalue weighted by Crippen LogP contribution is -2.63. The predicted molar refractivity (Wildman–Crippen MR) is 114 cm³/mol. The van der Waals surface area contributed by atoms with E-state index in [0.717, 1.165) is 42.6 Å². The van der Waals surface area contributed by atoms with E-state index in [0.29, 0.717) is 24.7 Å². The molecule has 1 aromatic carbocycles. The van der Waals surface area contributed by atoms with Gasteiger partial charge in [0, 0.05) is 24.6 Å². The Bertz CT molecular complexity index is 969. The third-order valence-corrected chi connectivity index (χ3v) is 7.04. The molecular weight excluding hydrogens is 376 g/mol. The first-order chi connectivity index (χ1) is 14.5. The molecule has 1 aliphatic carbocycles. The van der Waals surface area contributed by atoms with E-state index in [2.05, 4.69) is 13.8 Å². The number of likely N-dealkylation sites (tertiary alicyclic amines) is 1. The third kappa shape index (κ3) is 2.88. The van der Waals surface area contributed by atoms with Gasteiger partial charge in [-0.15, -0.1) is 0 Å². The van der Waals surface area contributed by atoms with Crippen LogP contribution in [0.15, 0.2) is 30.3 Å². The van der Waals surface area contributed by atoms with Gasteiger partial charge in [-0.05, 0) is 37.8 Å². The number of hydrogen-bond donors (Lipinski definition) is 0. The second kappa shape index (κ2) is 7.25. The molecule has 0 bridgehead atoms. The summed E-state index contributed by atoms with van der Waals surface area (Å²) in [6, 6.07) is 9.97. The fourth-order valence-electron chi connectivity index (χ4n) is 5.53. The van der Waals surface area contributed by atoms with Gasteiger partial charge >= 0.3 is 0 Å². The second-order valence-corrected chi connectivity index (χ2v) is 9.37. The van der Waals surface area contributed by atoms with Crippen LogP contribution in [0.5, 0.6) is 0 Å². The van der Waals surface area contributed by atoms with Gasteiger partial charge in [0.25, 0.3) is 5.91 Å². The monoisotopic (exact) mass is 406 g/mol. The number of hydrogen-bond acceptors (Lipinski definition) is 3. The summed E-state index contributed by atoms with van der Waals surface area (Å²) in [4.78, 5) is 30.4. The van der Waals surface area contributed by atoms with Gasteiger partial charge in [0.15, 0.2) is 0 Å². The Hall–Kier alpha value is -2.63. The van der Waals surface area contributed by atoms with Crippen LogP contribution in [0.3, 0.4) is 0 Å². The molecule has 2 aromatic rings. The minimum atomic E-state index is 0.0127. The minimum absolute atomic E-state index is 0.0127. The smallest absolute Gasteiger partial charge is 0.273 e. The van der Waals surface area contributed by atoms with Crippen LogP contribution in [0.2, 0.25) is 0 Å². The lowest BCUT2D eigenvalue weighted by atomic mass is 9.93. The number of benzene rings is 1. The lowest BCUT2D eigenvalue weighted by Gasteiger charge is -2.47. The molecule has 158 valence electrons. The van der Waals surface area contributed by atoms with Crippen LogP contribution in [0.4, 0.5) is 0 Å². The van der Waals surface area contributed by atoms with Gasteiger partial charge in [-0.3, -0.25) is 9.59 Å². The Balaban J connectivity index is 1.43. The van der Waals surface area contributed by atoms with Crippen LogP contribution in [-0.4, -0.2) is 50.5 Å². The Morgan fingerprint density at radius 2 is 1.77 bits per heavy atom. The summed E-state index contributed by atoms with van der Waals surface area (Å²) in [5, 5.41) is 4.72. The van der Waals surface area contributed by atoms with Crippen LogP contribution in [0.25, 0.3) is 5.69 Å². The molecule has 30 heavy (non-hydrogen) atoms. The lowest BCUT2D eigenvalue weighted by molar-refractivity contribution is -0.143. The number of nitrogens with zero attached hydrogens (tertiary/aromatic N) is 4. The maximum absolute atomic E-state index is 13.6. The molecule has 1 saturated heterocycles. The van der Waals surface area contributed by atoms with Gasteiger partial charge in [-0.1, -0.05) is 44.9 Å². The summed E-state index contributed by atoms with van der Waals surface area (Å²) in [6.07, 6.45) is 4.38. The van der Waals surface area contributed by atoms with E-state index in [1.165, 1.54) is 0 Å². The fourth-order valence-corrected chi connectivity index (χ4v) is 5.53. The van der Waals surface area contributed by atoms with Crippen molar-refractivity contribution in [1.82, 2.24) is 19.6 Å². The average molecular weight is 407 g/mol. The first-order valence-electron chi connectivity index (χ1n) is 11.2. The van der Waals surface area contributed by atoms with Crippen molar-refractivity contribution < 1.29 is 9.59 Å². The van der Waals surface area contributed by atoms with Crippen molar-refractivity contribution in [3.8, 4) is 5.69 Å². The number of para-hydroxylation sites is 1. The SMILES string of the molecule is Cc1nn(-c2ccccc2)c2c1C(C(C)C)N(C1CN(C(=O)C3CCCC3)C1)C2=O. The molecule has 6 nitrogen and oxygen atoms in total. The number of carbonyl (C=O) groups is 2. The number of aryl methyl sites for hydroxylation is 1. The summed E-state index contributed by atoms with van der Waals surface area (Å²) in [5.74, 6) is 0.820. The second-order valence-electron chi connectivity index (χ2n) is 9.37. The molecule has 3 heterocycles. The van der Waals surface area contributed by atoms with Crippen LogP contribution in [0.1, 0.15) is 67.3 Å². The molecular formula is C24H30N4O2. The van der Waals surface area contributed by atoms with E-state index in [1.54, 1.807) is 0 Å². The molecule has 3 aliphatic rings. The zero-order chi connectivity index (χ0) is 21.0. The quantitative estimate of drug-likeness (QED) is 0.777. The highest BCUT2D eigenvalue weighted by Gasteiger charge is 2.50. The molecule has 2 amide bonds. The molecule has 0 radical (unpaired) electrons. The van der Waals surface area contributed by atoms with Crippen molar-refractivity contribution in [3.05, 3.63) is 47.3 Å². The van der Waals surface area contributed by atoms with Gasteiger partial charge < -0.3 is 9.80 Å². The summed E-state index contributed by atoms with van der Waals surface area (Å²) < 4.78 is 1.81. The van der Waals surface area contributed by atoms with Crippen LogP contribution < -0.4 is 0 Å². The summed E-state index contributed by atoms with van der Waals surface area (Å²) in [5.41, 5.74) is 3.57. The van der Waals surface area contributed by atoms with Crippen molar-refractivity contribution in [1.29, 1.82) is 0 Å². The zero-order valence-corrected chi connectivity index (χ0v) is 18.0. The van der Waals surface area contributed by atoms with Crippen LogP contribution in [0, 0.1) is 18.8 Å². The summed E-state index contributed by atoms with van der Waals surface area (Å²) >= 11 is 0. The predicted octanol–water partition coefficient (Wildman–Crippen LogP) is 3.73. The van der Waals surface area contributed by atoms with Crippen molar-refractivity contribution in [2.75, 3.05) is 13.1 Å². The molecule has 0 N–H and O–H groups in total. The van der Waals surface area contributed by atoms with Crippen molar-refractivity contribution in [2.24, 2.45) is 11.8 Å². The summed E-state index contributed by atoms with van der Waals surface area (Å²) in [7, 11) is 0. The highest BCUT2D eigenvalue weighted by molar-refractivity contribution is 5.99. The third-order valence-electron chi connectivity index (χ3n) is 7.04. The van der Waals surface area contributed by atoms with E-state index in [1.807, 2.05) is 51.7 Å². The van der Waals surface area contributed by atoms with E-state index in [-0.39, 0.29) is 29.8 Å². The van der Waals surface area contributed by atoms with Crippen LogP contribution >= 0.6 is 0 Å². The number of aromatic nitrogens is 2. The Morgan fingerprint density at radius 1 is 1.10 bits per heavy atom. The molecule has 1 unspecified atom stereocenters. The Labute approximate surface area is 177 Å². The highest BCUT2D eigenvalue weighted by atomic mass is 16.2. The fraction of sp³-hybridized carbons (Fsp3) is 0.542. The van der Waals surface area contributed by atoms with E-state index >= 15 is 0 Å². The Morgan fingerprint density at radius 3 is 2.40 bits per heavy atom. The molecule has 2 fully saturated rings. The molecule has 1 aromatic heterocycles. The topological polar surface area (TPSA) is 58.4 Å². The summed E-state index contributed by atoms with van der Waals surface area (Å²) in [6.45, 7) is 7.65. The first-order valence-corrected chi connectivity index (χ1v) is 11.2. The largest absolute Gasteiger partial charge is 0.338 e. The molecule has 2 aliphatic heterocycles. The zero-order valence-electron chi connectivity index (χ0n) is 18.0. The molecule has 1 atom stereocenters. The van der Waals surface area contributed by atoms with Gasteiger partial charge in [-0.25, -0.2) is 4.68 Å². The average Bonchev–Trinajstić information content (AvgIpc) is 3.40. The minimum Gasteiger partial charge on any atom is -0.338 e. The number of amides is 2. The van der Waals surface area contributed by atoms with Crippen molar-refractivity contribution in [2.45, 2.75) is 58.5 Å². The molecule has 5 rings (SSSR count). The van der Waals surface area contributed by atoms with Gasteiger partial charge in [0.1, 0.15) is 5.69 Å². The first kappa shape index (κ1) is 19.3.